The van der Waals surface area contributed by atoms with Crippen LogP contribution in [0.4, 0.5) is 5.82 Å². The van der Waals surface area contributed by atoms with Crippen molar-refractivity contribution in [2.45, 2.75) is 39.0 Å². The molecular formula is C24H34IN5O2. The summed E-state index contributed by atoms with van der Waals surface area (Å²) in [6.45, 7) is 6.75. The summed E-state index contributed by atoms with van der Waals surface area (Å²) in [5, 5.41) is 6.75. The Labute approximate surface area is 208 Å². The van der Waals surface area contributed by atoms with Gasteiger partial charge in [0.1, 0.15) is 11.6 Å². The number of hydrogen-bond acceptors (Lipinski definition) is 5. The second-order valence-electron chi connectivity index (χ2n) is 8.29. The number of pyridine rings is 1. The molecule has 32 heavy (non-hydrogen) atoms. The van der Waals surface area contributed by atoms with Crippen LogP contribution in [0.3, 0.4) is 0 Å². The summed E-state index contributed by atoms with van der Waals surface area (Å²) >= 11 is 0. The molecule has 7 nitrogen and oxygen atoms in total. The minimum atomic E-state index is 0. The van der Waals surface area contributed by atoms with Crippen LogP contribution in [0.25, 0.3) is 0 Å². The van der Waals surface area contributed by atoms with Gasteiger partial charge in [-0.1, -0.05) is 24.3 Å². The van der Waals surface area contributed by atoms with Crippen molar-refractivity contribution in [1.82, 2.24) is 15.6 Å². The van der Waals surface area contributed by atoms with Gasteiger partial charge in [0.05, 0.1) is 19.3 Å². The Morgan fingerprint density at radius 2 is 2.00 bits per heavy atom. The number of hydrogen-bond donors (Lipinski definition) is 2. The summed E-state index contributed by atoms with van der Waals surface area (Å²) in [5.41, 5.74) is 2.25. The number of nitrogens with one attached hydrogen (secondary N) is 2. The maximum Gasteiger partial charge on any atom is 0.191 e. The molecular weight excluding hydrogens is 517 g/mol. The van der Waals surface area contributed by atoms with E-state index >= 15 is 0 Å². The number of guanidine groups is 1. The largest absolute Gasteiger partial charge is 0.493 e. The van der Waals surface area contributed by atoms with Gasteiger partial charge >= 0.3 is 0 Å². The van der Waals surface area contributed by atoms with Crippen LogP contribution >= 0.6 is 24.0 Å². The van der Waals surface area contributed by atoms with Gasteiger partial charge in [-0.15, -0.1) is 24.0 Å². The fourth-order valence-electron chi connectivity index (χ4n) is 3.60. The highest BCUT2D eigenvalue weighted by atomic mass is 127. The van der Waals surface area contributed by atoms with Crippen molar-refractivity contribution >= 4 is 35.8 Å². The molecule has 1 saturated carbocycles. The van der Waals surface area contributed by atoms with E-state index < -0.39 is 0 Å². The number of halogens is 1. The molecule has 1 aliphatic heterocycles. The lowest BCUT2D eigenvalue weighted by atomic mass is 10.2. The molecule has 0 radical (unpaired) electrons. The molecule has 2 fully saturated rings. The van der Waals surface area contributed by atoms with E-state index in [1.165, 1.54) is 12.8 Å². The standard InChI is InChI=1S/C24H33N5O2.HI/c1-18-16-29(11-12-30-18)23-10-9-20(13-26-23)14-27-24(25-2)28-15-21-5-3-4-6-22(21)31-17-19-7-8-19;/h3-6,9-10,13,18-19H,7-8,11-12,14-17H2,1-2H3,(H2,25,27,28);1H. The minimum absolute atomic E-state index is 0. The van der Waals surface area contributed by atoms with Gasteiger partial charge in [-0.3, -0.25) is 4.99 Å². The lowest BCUT2D eigenvalue weighted by molar-refractivity contribution is 0.0529. The van der Waals surface area contributed by atoms with Gasteiger partial charge in [0.25, 0.3) is 0 Å². The highest BCUT2D eigenvalue weighted by Crippen LogP contribution is 2.30. The van der Waals surface area contributed by atoms with Crippen molar-refractivity contribution in [2.24, 2.45) is 10.9 Å². The highest BCUT2D eigenvalue weighted by molar-refractivity contribution is 14.0. The van der Waals surface area contributed by atoms with Crippen LogP contribution in [0.2, 0.25) is 0 Å². The second kappa shape index (κ2) is 12.2. The Bertz CT molecular complexity index is 873. The zero-order chi connectivity index (χ0) is 21.5. The number of anilines is 1. The zero-order valence-corrected chi connectivity index (χ0v) is 21.2. The van der Waals surface area contributed by atoms with E-state index in [1.54, 1.807) is 7.05 Å². The number of aromatic nitrogens is 1. The molecule has 0 bridgehead atoms. The first-order valence-electron chi connectivity index (χ1n) is 11.2. The zero-order valence-electron chi connectivity index (χ0n) is 18.9. The summed E-state index contributed by atoms with van der Waals surface area (Å²) in [4.78, 5) is 11.3. The number of para-hydroxylation sites is 1. The first-order chi connectivity index (χ1) is 15.2. The highest BCUT2D eigenvalue weighted by Gasteiger charge is 2.22. The summed E-state index contributed by atoms with van der Waals surface area (Å²) in [7, 11) is 1.78. The van der Waals surface area contributed by atoms with Crippen molar-refractivity contribution in [3.05, 3.63) is 53.7 Å². The van der Waals surface area contributed by atoms with Gasteiger partial charge in [0, 0.05) is 45.0 Å². The quantitative estimate of drug-likeness (QED) is 0.297. The van der Waals surface area contributed by atoms with Crippen LogP contribution < -0.4 is 20.3 Å². The van der Waals surface area contributed by atoms with Gasteiger partial charge in [-0.25, -0.2) is 4.98 Å². The second-order valence-corrected chi connectivity index (χ2v) is 8.29. The third-order valence-corrected chi connectivity index (χ3v) is 5.65. The monoisotopic (exact) mass is 551 g/mol. The van der Waals surface area contributed by atoms with Crippen LogP contribution in [0.5, 0.6) is 5.75 Å². The molecule has 1 aromatic heterocycles. The van der Waals surface area contributed by atoms with Crippen LogP contribution in [-0.4, -0.2) is 50.4 Å². The summed E-state index contributed by atoms with van der Waals surface area (Å²) in [6, 6.07) is 12.4. The predicted molar refractivity (Wildman–Crippen MR) is 139 cm³/mol. The molecule has 2 N–H and O–H groups in total. The fourth-order valence-corrected chi connectivity index (χ4v) is 3.60. The van der Waals surface area contributed by atoms with E-state index in [0.29, 0.717) is 13.1 Å². The number of benzene rings is 1. The molecule has 2 heterocycles. The van der Waals surface area contributed by atoms with E-state index in [4.69, 9.17) is 9.47 Å². The minimum Gasteiger partial charge on any atom is -0.493 e. The van der Waals surface area contributed by atoms with Gasteiger partial charge in [0.2, 0.25) is 0 Å². The van der Waals surface area contributed by atoms with Crippen LogP contribution in [-0.2, 0) is 17.8 Å². The molecule has 2 aliphatic rings. The smallest absolute Gasteiger partial charge is 0.191 e. The van der Waals surface area contributed by atoms with E-state index in [1.807, 2.05) is 24.4 Å². The Balaban J connectivity index is 0.00000289. The third-order valence-electron chi connectivity index (χ3n) is 5.65. The van der Waals surface area contributed by atoms with Gasteiger partial charge < -0.3 is 25.0 Å². The average Bonchev–Trinajstić information content (AvgIpc) is 3.63. The van der Waals surface area contributed by atoms with E-state index in [2.05, 4.69) is 50.6 Å². The van der Waals surface area contributed by atoms with Crippen molar-refractivity contribution in [3.63, 3.8) is 0 Å². The van der Waals surface area contributed by atoms with Crippen molar-refractivity contribution in [1.29, 1.82) is 0 Å². The topological polar surface area (TPSA) is 71.0 Å². The van der Waals surface area contributed by atoms with Gasteiger partial charge in [0.15, 0.2) is 5.96 Å². The van der Waals surface area contributed by atoms with E-state index in [-0.39, 0.29) is 30.1 Å². The van der Waals surface area contributed by atoms with E-state index in [0.717, 1.165) is 60.9 Å². The average molecular weight is 551 g/mol. The summed E-state index contributed by atoms with van der Waals surface area (Å²) < 4.78 is 11.6. The molecule has 8 heteroatoms. The number of ether oxygens (including phenoxy) is 2. The Kier molecular flexibility index (Phi) is 9.40. The summed E-state index contributed by atoms with van der Waals surface area (Å²) in [6.07, 6.45) is 4.75. The van der Waals surface area contributed by atoms with E-state index in [9.17, 15) is 0 Å². The molecule has 0 spiro atoms. The first kappa shape index (κ1) is 24.6. The van der Waals surface area contributed by atoms with Crippen LogP contribution in [0, 0.1) is 5.92 Å². The molecule has 0 amide bonds. The maximum absolute atomic E-state index is 6.00. The van der Waals surface area contributed by atoms with Crippen molar-refractivity contribution < 1.29 is 9.47 Å². The van der Waals surface area contributed by atoms with Gasteiger partial charge in [-0.2, -0.15) is 0 Å². The molecule has 1 atom stereocenters. The number of aliphatic imine (C=N–C) groups is 1. The Morgan fingerprint density at radius 3 is 2.72 bits per heavy atom. The lowest BCUT2D eigenvalue weighted by Crippen LogP contribution is -2.41. The summed E-state index contributed by atoms with van der Waals surface area (Å²) in [5.74, 6) is 3.45. The molecule has 174 valence electrons. The fraction of sp³-hybridized carbons (Fsp3) is 0.500. The number of nitrogens with zero attached hydrogens (tertiary/aromatic N) is 3. The lowest BCUT2D eigenvalue weighted by Gasteiger charge is -2.32. The third kappa shape index (κ3) is 7.23. The van der Waals surface area contributed by atoms with Crippen molar-refractivity contribution in [3.8, 4) is 5.75 Å². The molecule has 1 aromatic carbocycles. The predicted octanol–water partition coefficient (Wildman–Crippen LogP) is 3.58. The Morgan fingerprint density at radius 1 is 1.19 bits per heavy atom. The molecule has 4 rings (SSSR count). The van der Waals surface area contributed by atoms with Crippen molar-refractivity contribution in [2.75, 3.05) is 38.3 Å². The van der Waals surface area contributed by atoms with Gasteiger partial charge in [-0.05, 0) is 43.4 Å². The maximum atomic E-state index is 6.00. The number of morpholine rings is 1. The SMILES string of the molecule is CN=C(NCc1ccc(N2CCOC(C)C2)nc1)NCc1ccccc1OCC1CC1.I. The Hall–Kier alpha value is -2.07. The molecule has 2 aromatic rings. The normalized spacial score (nSPS) is 18.6. The van der Waals surface area contributed by atoms with Crippen LogP contribution in [0.1, 0.15) is 30.9 Å². The van der Waals surface area contributed by atoms with Crippen LogP contribution in [0.15, 0.2) is 47.6 Å². The first-order valence-corrected chi connectivity index (χ1v) is 11.2. The molecule has 1 saturated heterocycles. The molecule has 1 unspecified atom stereocenters. The molecule has 1 aliphatic carbocycles. The number of rotatable bonds is 8.